The molecule has 10 heteroatoms. The van der Waals surface area contributed by atoms with Crippen molar-refractivity contribution in [1.29, 1.82) is 0 Å². The minimum Gasteiger partial charge on any atom is -0.508 e. The summed E-state index contributed by atoms with van der Waals surface area (Å²) in [5, 5.41) is 16.7. The number of anilines is 1. The third-order valence-electron chi connectivity index (χ3n) is 11.0. The van der Waals surface area contributed by atoms with Crippen LogP contribution in [0.4, 0.5) is 14.6 Å². The van der Waals surface area contributed by atoms with Crippen LogP contribution >= 0.6 is 0 Å². The fourth-order valence-electron chi connectivity index (χ4n) is 8.95. The first kappa shape index (κ1) is 27.5. The van der Waals surface area contributed by atoms with Crippen molar-refractivity contribution >= 4 is 27.5 Å². The summed E-state index contributed by atoms with van der Waals surface area (Å²) in [5.41, 5.74) is 1.71. The minimum atomic E-state index is -0.877. The second-order valence-corrected chi connectivity index (χ2v) is 13.6. The highest BCUT2D eigenvalue weighted by Crippen LogP contribution is 2.47. The topological polar surface area (TPSA) is 83.0 Å². The Morgan fingerprint density at radius 3 is 2.93 bits per heavy atom. The summed E-state index contributed by atoms with van der Waals surface area (Å²) in [6.45, 7) is 4.77. The van der Waals surface area contributed by atoms with E-state index in [-0.39, 0.29) is 41.5 Å². The molecule has 0 amide bonds. The first-order valence-corrected chi connectivity index (χ1v) is 16.4. The van der Waals surface area contributed by atoms with E-state index in [0.717, 1.165) is 61.5 Å². The molecule has 4 aromatic rings. The van der Waals surface area contributed by atoms with Gasteiger partial charge in [-0.05, 0) is 78.7 Å². The van der Waals surface area contributed by atoms with Gasteiger partial charge in [0.2, 0.25) is 0 Å². The molecule has 5 aliphatic heterocycles. The Morgan fingerprint density at radius 2 is 2.04 bits per heavy atom. The van der Waals surface area contributed by atoms with Crippen LogP contribution in [0.2, 0.25) is 0 Å². The number of aromatic hydroxyl groups is 1. The average molecular weight is 614 g/mol. The van der Waals surface area contributed by atoms with E-state index >= 15 is 4.39 Å². The maximum Gasteiger partial charge on any atom is 0.319 e. The number of nitrogens with zero attached hydrogens (tertiary/aromatic N) is 4. The number of phenols is 1. The third-order valence-corrected chi connectivity index (χ3v) is 11.0. The summed E-state index contributed by atoms with van der Waals surface area (Å²) < 4.78 is 44.5. The molecule has 6 heterocycles. The molecule has 1 aromatic heterocycles. The molecule has 9 rings (SSSR count). The first-order chi connectivity index (χ1) is 21.9. The summed E-state index contributed by atoms with van der Waals surface area (Å²) in [5.74, 6) is 0.703. The molecular formula is C35H37F2N5O3. The number of benzene rings is 3. The average Bonchev–Trinajstić information content (AvgIpc) is 3.67. The lowest BCUT2D eigenvalue weighted by atomic mass is 9.92. The van der Waals surface area contributed by atoms with Crippen LogP contribution < -0.4 is 19.7 Å². The van der Waals surface area contributed by atoms with Gasteiger partial charge in [0.1, 0.15) is 42.2 Å². The maximum atomic E-state index is 17.1. The molecule has 3 aromatic carbocycles. The largest absolute Gasteiger partial charge is 0.508 e. The molecule has 2 N–H and O–H groups in total. The number of aryl methyl sites for hydroxylation is 1. The standard InChI is InChI=1S/C35H37F2N5O3/c1-2-19-5-3-6-20-11-23(43)12-24(29(19)20)25-13-28-30-32(31(25)37)39-34(45-18-35-9-4-10-41(35)15-21(36)14-35)40-33(30)42-16-22-7-8-26(38-22)27(42)17-44-28/h3,5-6,11-13,21-22,26-27,38,43H,2,4,7-10,14-18H2,1H3/t21-,22+,26-,27-,35-/m1/s1. The van der Waals surface area contributed by atoms with Crippen LogP contribution in [0.3, 0.4) is 0 Å². The molecule has 234 valence electrons. The fraction of sp³-hybridized carbons (Fsp3) is 0.486. The number of piperazine rings is 1. The smallest absolute Gasteiger partial charge is 0.319 e. The van der Waals surface area contributed by atoms with Crippen molar-refractivity contribution in [2.75, 3.05) is 37.7 Å². The molecule has 0 radical (unpaired) electrons. The van der Waals surface area contributed by atoms with Gasteiger partial charge in [0.15, 0.2) is 5.82 Å². The summed E-state index contributed by atoms with van der Waals surface area (Å²) in [4.78, 5) is 14.1. The van der Waals surface area contributed by atoms with Crippen molar-refractivity contribution in [3.05, 3.63) is 47.8 Å². The lowest BCUT2D eigenvalue weighted by molar-refractivity contribution is 0.107. The van der Waals surface area contributed by atoms with Crippen LogP contribution in [-0.2, 0) is 6.42 Å². The van der Waals surface area contributed by atoms with Crippen molar-refractivity contribution in [3.63, 3.8) is 0 Å². The second-order valence-electron chi connectivity index (χ2n) is 13.6. The second kappa shape index (κ2) is 10.1. The van der Waals surface area contributed by atoms with Crippen LogP contribution in [0.15, 0.2) is 36.4 Å². The normalized spacial score (nSPS) is 28.7. The van der Waals surface area contributed by atoms with Gasteiger partial charge in [-0.3, -0.25) is 4.90 Å². The van der Waals surface area contributed by atoms with E-state index < -0.39 is 12.0 Å². The quantitative estimate of drug-likeness (QED) is 0.305. The highest BCUT2D eigenvalue weighted by atomic mass is 19.1. The van der Waals surface area contributed by atoms with E-state index in [0.29, 0.717) is 53.7 Å². The molecule has 0 aliphatic carbocycles. The molecule has 5 atom stereocenters. The van der Waals surface area contributed by atoms with Gasteiger partial charge in [0.25, 0.3) is 0 Å². The van der Waals surface area contributed by atoms with Gasteiger partial charge in [-0.25, -0.2) is 8.78 Å². The summed E-state index contributed by atoms with van der Waals surface area (Å²) in [6, 6.07) is 11.7. The first-order valence-electron chi connectivity index (χ1n) is 16.4. The molecular weight excluding hydrogens is 576 g/mol. The number of alkyl halides is 1. The predicted octanol–water partition coefficient (Wildman–Crippen LogP) is 5.51. The predicted molar refractivity (Wildman–Crippen MR) is 169 cm³/mol. The van der Waals surface area contributed by atoms with E-state index in [1.54, 1.807) is 18.2 Å². The van der Waals surface area contributed by atoms with Crippen LogP contribution in [0.25, 0.3) is 32.8 Å². The van der Waals surface area contributed by atoms with E-state index in [2.05, 4.69) is 22.0 Å². The zero-order chi connectivity index (χ0) is 30.4. The molecule has 0 saturated carbocycles. The molecule has 4 fully saturated rings. The third kappa shape index (κ3) is 4.21. The highest BCUT2D eigenvalue weighted by molar-refractivity contribution is 6.05. The number of phenolic OH excluding ortho intramolecular Hbond substituents is 1. The number of halogens is 2. The van der Waals surface area contributed by atoms with Gasteiger partial charge in [-0.1, -0.05) is 25.1 Å². The number of rotatable bonds is 5. The summed E-state index contributed by atoms with van der Waals surface area (Å²) in [6.07, 6.45) is 4.28. The molecule has 45 heavy (non-hydrogen) atoms. The van der Waals surface area contributed by atoms with Crippen molar-refractivity contribution in [3.8, 4) is 28.6 Å². The molecule has 8 nitrogen and oxygen atoms in total. The van der Waals surface area contributed by atoms with Crippen molar-refractivity contribution in [2.45, 2.75) is 75.3 Å². The van der Waals surface area contributed by atoms with Gasteiger partial charge in [-0.15, -0.1) is 0 Å². The molecule has 0 unspecified atom stereocenters. The zero-order valence-corrected chi connectivity index (χ0v) is 25.4. The van der Waals surface area contributed by atoms with Gasteiger partial charge >= 0.3 is 6.01 Å². The Balaban J connectivity index is 1.24. The zero-order valence-electron chi connectivity index (χ0n) is 25.4. The Labute approximate surface area is 260 Å². The van der Waals surface area contributed by atoms with E-state index in [1.165, 1.54) is 0 Å². The van der Waals surface area contributed by atoms with Gasteiger partial charge in [0.05, 0.1) is 17.0 Å². The Morgan fingerprint density at radius 1 is 1.13 bits per heavy atom. The van der Waals surface area contributed by atoms with E-state index in [4.69, 9.17) is 19.4 Å². The van der Waals surface area contributed by atoms with Crippen molar-refractivity contribution < 1.29 is 23.4 Å². The summed E-state index contributed by atoms with van der Waals surface area (Å²) >= 11 is 0. The minimum absolute atomic E-state index is 0.0213. The van der Waals surface area contributed by atoms with E-state index in [9.17, 15) is 9.50 Å². The van der Waals surface area contributed by atoms with Crippen LogP contribution in [0.5, 0.6) is 17.5 Å². The number of nitrogens with one attached hydrogen (secondary N) is 1. The van der Waals surface area contributed by atoms with E-state index in [1.807, 2.05) is 18.2 Å². The Bertz CT molecular complexity index is 1850. The van der Waals surface area contributed by atoms with Gasteiger partial charge in [0, 0.05) is 37.2 Å². The SMILES string of the molecule is CCc1cccc2cc(O)cc(-c3cc4c5c(nc(OC[C@]67CCCN6C[C@H](F)C7)nc5c3F)N3C[C@@H]5CC[C@@H](N5)[C@H]3CO4)c12. The lowest BCUT2D eigenvalue weighted by Crippen LogP contribution is -2.60. The molecule has 4 saturated heterocycles. The van der Waals surface area contributed by atoms with Crippen molar-refractivity contribution in [2.24, 2.45) is 0 Å². The van der Waals surface area contributed by atoms with Crippen LogP contribution in [0, 0.1) is 5.82 Å². The van der Waals surface area contributed by atoms with Gasteiger partial charge in [-0.2, -0.15) is 9.97 Å². The molecule has 5 aliphatic rings. The monoisotopic (exact) mass is 613 g/mol. The highest BCUT2D eigenvalue weighted by Gasteiger charge is 2.50. The van der Waals surface area contributed by atoms with Crippen molar-refractivity contribution in [1.82, 2.24) is 20.2 Å². The number of aromatic nitrogens is 2. The molecule has 0 spiro atoms. The number of hydrogen-bond donors (Lipinski definition) is 2. The number of fused-ring (bicyclic) bond motifs is 7. The number of ether oxygens (including phenoxy) is 2. The Hall–Kier alpha value is -3.76. The molecule has 2 bridgehead atoms. The van der Waals surface area contributed by atoms with Crippen LogP contribution in [-0.4, -0.2) is 82.7 Å². The number of hydrogen-bond acceptors (Lipinski definition) is 8. The summed E-state index contributed by atoms with van der Waals surface area (Å²) in [7, 11) is 0. The maximum absolute atomic E-state index is 17.1. The van der Waals surface area contributed by atoms with Gasteiger partial charge < -0.3 is 24.8 Å². The fourth-order valence-corrected chi connectivity index (χ4v) is 8.95. The van der Waals surface area contributed by atoms with Crippen LogP contribution in [0.1, 0.15) is 44.6 Å². The Kier molecular flexibility index (Phi) is 6.20. The lowest BCUT2D eigenvalue weighted by Gasteiger charge is -2.40.